The van der Waals surface area contributed by atoms with E-state index in [0.29, 0.717) is 17.6 Å². The number of ether oxygens (including phenoxy) is 1. The fraction of sp³-hybridized carbons (Fsp3) is 0.192. The molecule has 8 heteroatoms. The number of fused-ring (bicyclic) bond motifs is 1. The molecule has 1 amide bonds. The Morgan fingerprint density at radius 2 is 1.85 bits per heavy atom. The molecule has 2 heterocycles. The van der Waals surface area contributed by atoms with Gasteiger partial charge in [0.05, 0.1) is 12.6 Å². The Kier molecular flexibility index (Phi) is 6.22. The number of amides is 1. The van der Waals surface area contributed by atoms with Crippen molar-refractivity contribution in [3.8, 4) is 17.1 Å². The minimum Gasteiger partial charge on any atom is -0.494 e. The van der Waals surface area contributed by atoms with E-state index in [1.54, 1.807) is 0 Å². The maximum Gasteiger partial charge on any atom is 0.240 e. The molecule has 3 aromatic carbocycles. The quantitative estimate of drug-likeness (QED) is 0.410. The van der Waals surface area contributed by atoms with Crippen molar-refractivity contribution in [3.63, 3.8) is 0 Å². The van der Waals surface area contributed by atoms with Gasteiger partial charge in [0.2, 0.25) is 11.1 Å². The summed E-state index contributed by atoms with van der Waals surface area (Å²) in [4.78, 5) is 13.5. The number of hydrogen-bond donors (Lipinski definition) is 2. The summed E-state index contributed by atoms with van der Waals surface area (Å²) in [6, 6.07) is 25.2. The van der Waals surface area contributed by atoms with E-state index in [0.717, 1.165) is 28.1 Å². The summed E-state index contributed by atoms with van der Waals surface area (Å²) in [5, 5.41) is 12.0. The SMILES string of the molecule is CCOc1ccc([C@H]2Nn3c(nnc3-c3ccccc3)S[C@H]2C(=O)Nc2cccc(C)c2)cc1. The van der Waals surface area contributed by atoms with Crippen molar-refractivity contribution in [2.45, 2.75) is 30.3 Å². The van der Waals surface area contributed by atoms with Crippen molar-refractivity contribution in [3.05, 3.63) is 90.0 Å². The van der Waals surface area contributed by atoms with E-state index in [4.69, 9.17) is 4.74 Å². The molecular weight excluding hydrogens is 446 g/mol. The van der Waals surface area contributed by atoms with Crippen LogP contribution in [0, 0.1) is 6.92 Å². The molecule has 34 heavy (non-hydrogen) atoms. The van der Waals surface area contributed by atoms with Crippen LogP contribution < -0.4 is 15.5 Å². The first-order chi connectivity index (χ1) is 16.6. The summed E-state index contributed by atoms with van der Waals surface area (Å²) in [5.74, 6) is 1.40. The van der Waals surface area contributed by atoms with Crippen LogP contribution in [0.25, 0.3) is 11.4 Å². The molecule has 5 rings (SSSR count). The highest BCUT2D eigenvalue weighted by atomic mass is 32.2. The largest absolute Gasteiger partial charge is 0.494 e. The van der Waals surface area contributed by atoms with Gasteiger partial charge >= 0.3 is 0 Å². The number of nitrogens with one attached hydrogen (secondary N) is 2. The number of thioether (sulfide) groups is 1. The lowest BCUT2D eigenvalue weighted by atomic mass is 10.0. The third-order valence-electron chi connectivity index (χ3n) is 5.56. The number of anilines is 1. The van der Waals surface area contributed by atoms with Crippen LogP contribution in [0.1, 0.15) is 24.1 Å². The number of carbonyl (C=O) groups is 1. The van der Waals surface area contributed by atoms with Crippen LogP contribution in [-0.2, 0) is 4.79 Å². The molecule has 0 radical (unpaired) electrons. The van der Waals surface area contributed by atoms with Crippen molar-refractivity contribution >= 4 is 23.4 Å². The average Bonchev–Trinajstić information content (AvgIpc) is 3.27. The Morgan fingerprint density at radius 3 is 2.59 bits per heavy atom. The van der Waals surface area contributed by atoms with Gasteiger partial charge in [0.15, 0.2) is 5.82 Å². The van der Waals surface area contributed by atoms with E-state index in [-0.39, 0.29) is 11.9 Å². The molecule has 4 aromatic rings. The van der Waals surface area contributed by atoms with Gasteiger partial charge in [-0.3, -0.25) is 4.79 Å². The summed E-state index contributed by atoms with van der Waals surface area (Å²) in [6.45, 7) is 4.56. The summed E-state index contributed by atoms with van der Waals surface area (Å²) < 4.78 is 7.48. The second-order valence-electron chi connectivity index (χ2n) is 8.01. The molecule has 0 bridgehead atoms. The molecular formula is C26H25N5O2S. The van der Waals surface area contributed by atoms with E-state index < -0.39 is 5.25 Å². The van der Waals surface area contributed by atoms with E-state index in [1.807, 2.05) is 97.4 Å². The minimum atomic E-state index is -0.459. The summed E-state index contributed by atoms with van der Waals surface area (Å²) in [6.07, 6.45) is 0. The summed E-state index contributed by atoms with van der Waals surface area (Å²) in [5.41, 5.74) is 7.28. The summed E-state index contributed by atoms with van der Waals surface area (Å²) >= 11 is 1.41. The van der Waals surface area contributed by atoms with E-state index >= 15 is 0 Å². The van der Waals surface area contributed by atoms with Gasteiger partial charge in [-0.25, -0.2) is 4.68 Å². The molecule has 0 unspecified atom stereocenters. The zero-order valence-electron chi connectivity index (χ0n) is 18.9. The molecule has 0 fully saturated rings. The van der Waals surface area contributed by atoms with Gasteiger partial charge in [-0.15, -0.1) is 10.2 Å². The number of nitrogens with zero attached hydrogens (tertiary/aromatic N) is 3. The summed E-state index contributed by atoms with van der Waals surface area (Å²) in [7, 11) is 0. The molecule has 1 aromatic heterocycles. The second-order valence-corrected chi connectivity index (χ2v) is 9.12. The smallest absolute Gasteiger partial charge is 0.240 e. The van der Waals surface area contributed by atoms with Crippen molar-refractivity contribution in [2.24, 2.45) is 0 Å². The van der Waals surface area contributed by atoms with Crippen LogP contribution >= 0.6 is 11.8 Å². The third kappa shape index (κ3) is 4.49. The van der Waals surface area contributed by atoms with Gasteiger partial charge < -0.3 is 15.5 Å². The average molecular weight is 472 g/mol. The van der Waals surface area contributed by atoms with Crippen LogP contribution in [0.15, 0.2) is 84.0 Å². The number of rotatable bonds is 6. The van der Waals surface area contributed by atoms with Crippen LogP contribution in [0.3, 0.4) is 0 Å². The first-order valence-corrected chi connectivity index (χ1v) is 12.0. The predicted octanol–water partition coefficient (Wildman–Crippen LogP) is 5.05. The normalized spacial score (nSPS) is 16.9. The van der Waals surface area contributed by atoms with Crippen LogP contribution in [0.2, 0.25) is 0 Å². The zero-order chi connectivity index (χ0) is 23.5. The van der Waals surface area contributed by atoms with Crippen LogP contribution in [0.5, 0.6) is 5.75 Å². The number of aromatic nitrogens is 3. The zero-order valence-corrected chi connectivity index (χ0v) is 19.8. The first-order valence-electron chi connectivity index (χ1n) is 11.2. The van der Waals surface area contributed by atoms with E-state index in [9.17, 15) is 4.79 Å². The monoisotopic (exact) mass is 471 g/mol. The van der Waals surface area contributed by atoms with E-state index in [2.05, 4.69) is 20.9 Å². The molecule has 1 aliphatic heterocycles. The highest BCUT2D eigenvalue weighted by Gasteiger charge is 2.38. The van der Waals surface area contributed by atoms with Gasteiger partial charge in [-0.05, 0) is 49.2 Å². The predicted molar refractivity (Wildman–Crippen MR) is 135 cm³/mol. The van der Waals surface area contributed by atoms with Crippen molar-refractivity contribution in [1.82, 2.24) is 14.9 Å². The topological polar surface area (TPSA) is 81.1 Å². The molecule has 0 aliphatic carbocycles. The Morgan fingerprint density at radius 1 is 1.06 bits per heavy atom. The number of aryl methyl sites for hydroxylation is 1. The first kappa shape index (κ1) is 22.0. The lowest BCUT2D eigenvalue weighted by molar-refractivity contribution is -0.116. The van der Waals surface area contributed by atoms with Crippen LogP contribution in [-0.4, -0.2) is 32.6 Å². The van der Waals surface area contributed by atoms with Gasteiger partial charge in [0.1, 0.15) is 11.0 Å². The number of carbonyl (C=O) groups excluding carboxylic acids is 1. The Hall–Kier alpha value is -3.78. The Bertz CT molecular complexity index is 1290. The number of benzene rings is 3. The fourth-order valence-corrected chi connectivity index (χ4v) is 5.03. The number of hydrogen-bond acceptors (Lipinski definition) is 6. The molecule has 0 spiro atoms. The van der Waals surface area contributed by atoms with Crippen molar-refractivity contribution in [2.75, 3.05) is 17.3 Å². The third-order valence-corrected chi connectivity index (χ3v) is 6.78. The fourth-order valence-electron chi connectivity index (χ4n) is 3.95. The maximum absolute atomic E-state index is 13.5. The van der Waals surface area contributed by atoms with E-state index in [1.165, 1.54) is 11.8 Å². The van der Waals surface area contributed by atoms with Gasteiger partial charge in [0.25, 0.3) is 0 Å². The second kappa shape index (κ2) is 9.61. The lowest BCUT2D eigenvalue weighted by Gasteiger charge is -2.33. The highest BCUT2D eigenvalue weighted by molar-refractivity contribution is 8.00. The molecule has 2 atom stereocenters. The molecule has 2 N–H and O–H groups in total. The molecule has 0 saturated carbocycles. The van der Waals surface area contributed by atoms with Crippen LogP contribution in [0.4, 0.5) is 5.69 Å². The molecule has 0 saturated heterocycles. The lowest BCUT2D eigenvalue weighted by Crippen LogP contribution is -2.41. The van der Waals surface area contributed by atoms with Gasteiger partial charge in [-0.2, -0.15) is 0 Å². The Balaban J connectivity index is 1.50. The van der Waals surface area contributed by atoms with Crippen molar-refractivity contribution in [1.29, 1.82) is 0 Å². The molecule has 7 nitrogen and oxygen atoms in total. The molecule has 172 valence electrons. The van der Waals surface area contributed by atoms with Gasteiger partial charge in [-0.1, -0.05) is 66.4 Å². The minimum absolute atomic E-state index is 0.0995. The van der Waals surface area contributed by atoms with Crippen molar-refractivity contribution < 1.29 is 9.53 Å². The maximum atomic E-state index is 13.5. The standard InChI is InChI=1S/C26H25N5O2S/c1-3-33-21-14-12-18(13-15-21)22-23(25(32)27-20-11-7-8-17(2)16-20)34-26-29-28-24(31(26)30-22)19-9-5-4-6-10-19/h4-16,22-23,30H,3H2,1-2H3,(H,27,32)/t22-,23-/m1/s1. The Labute approximate surface area is 202 Å². The highest BCUT2D eigenvalue weighted by Crippen LogP contribution is 2.39. The van der Waals surface area contributed by atoms with Gasteiger partial charge in [0, 0.05) is 11.3 Å². The molecule has 1 aliphatic rings.